The molecule has 0 aromatic heterocycles. The summed E-state index contributed by atoms with van der Waals surface area (Å²) in [6.45, 7) is 11.8. The Labute approximate surface area is 76.2 Å². The first-order valence-corrected chi connectivity index (χ1v) is 4.63. The number of nitrogens with two attached hydrogens (primary N) is 1. The zero-order valence-corrected chi connectivity index (χ0v) is 8.61. The monoisotopic (exact) mass is 170 g/mol. The van der Waals surface area contributed by atoms with Crippen LogP contribution in [0.15, 0.2) is 12.2 Å². The van der Waals surface area contributed by atoms with Crippen LogP contribution in [0.1, 0.15) is 33.6 Å². The third-order valence-corrected chi connectivity index (χ3v) is 2.07. The molecule has 2 heteroatoms. The lowest BCUT2D eigenvalue weighted by Gasteiger charge is -2.29. The summed E-state index contributed by atoms with van der Waals surface area (Å²) < 4.78 is 0. The molecular formula is C10H22N2. The Morgan fingerprint density at radius 1 is 1.58 bits per heavy atom. The number of hydrogen-bond donors (Lipinski definition) is 2. The van der Waals surface area contributed by atoms with E-state index in [1.54, 1.807) is 0 Å². The maximum atomic E-state index is 5.69. The van der Waals surface area contributed by atoms with Gasteiger partial charge in [-0.15, -0.1) is 0 Å². The van der Waals surface area contributed by atoms with Crippen LogP contribution in [0.3, 0.4) is 0 Å². The molecule has 12 heavy (non-hydrogen) atoms. The van der Waals surface area contributed by atoms with E-state index in [0.717, 1.165) is 25.0 Å². The molecule has 0 aromatic rings. The fourth-order valence-corrected chi connectivity index (χ4v) is 1.18. The van der Waals surface area contributed by atoms with E-state index in [1.807, 2.05) is 6.92 Å². The van der Waals surface area contributed by atoms with E-state index in [4.69, 9.17) is 5.73 Å². The van der Waals surface area contributed by atoms with Crippen molar-refractivity contribution in [3.8, 4) is 0 Å². The van der Waals surface area contributed by atoms with Crippen LogP contribution in [0.5, 0.6) is 0 Å². The molecule has 72 valence electrons. The average Bonchev–Trinajstić information content (AvgIpc) is 2.02. The molecule has 0 fully saturated rings. The fourth-order valence-electron chi connectivity index (χ4n) is 1.18. The number of nitrogens with one attached hydrogen (secondary N) is 1. The van der Waals surface area contributed by atoms with Crippen LogP contribution in [0.25, 0.3) is 0 Å². The molecule has 0 aliphatic carbocycles. The van der Waals surface area contributed by atoms with E-state index in [9.17, 15) is 0 Å². The van der Waals surface area contributed by atoms with Crippen LogP contribution < -0.4 is 11.1 Å². The van der Waals surface area contributed by atoms with Crippen molar-refractivity contribution in [3.05, 3.63) is 12.2 Å². The van der Waals surface area contributed by atoms with Crippen LogP contribution in [-0.2, 0) is 0 Å². The van der Waals surface area contributed by atoms with Crippen molar-refractivity contribution in [1.82, 2.24) is 5.32 Å². The third kappa shape index (κ3) is 4.52. The smallest absolute Gasteiger partial charge is 0.0278 e. The molecule has 0 amide bonds. The van der Waals surface area contributed by atoms with Gasteiger partial charge in [-0.1, -0.05) is 25.5 Å². The predicted molar refractivity (Wildman–Crippen MR) is 55.2 cm³/mol. The summed E-state index contributed by atoms with van der Waals surface area (Å²) in [6.07, 6.45) is 2.29. The summed E-state index contributed by atoms with van der Waals surface area (Å²) in [4.78, 5) is 0. The Kier molecular flexibility index (Phi) is 5.18. The first-order valence-electron chi connectivity index (χ1n) is 4.63. The highest BCUT2D eigenvalue weighted by atomic mass is 15.0. The second kappa shape index (κ2) is 5.33. The van der Waals surface area contributed by atoms with Gasteiger partial charge in [0.2, 0.25) is 0 Å². The molecule has 0 bridgehead atoms. The lowest BCUT2D eigenvalue weighted by Crippen LogP contribution is -2.49. The molecule has 0 radical (unpaired) electrons. The zero-order valence-electron chi connectivity index (χ0n) is 8.61. The van der Waals surface area contributed by atoms with Crippen LogP contribution in [0.4, 0.5) is 0 Å². The van der Waals surface area contributed by atoms with Gasteiger partial charge in [-0.05, 0) is 20.3 Å². The molecular weight excluding hydrogens is 148 g/mol. The molecule has 0 spiro atoms. The highest BCUT2D eigenvalue weighted by Crippen LogP contribution is 2.10. The van der Waals surface area contributed by atoms with Crippen molar-refractivity contribution in [1.29, 1.82) is 0 Å². The molecule has 0 aliphatic heterocycles. The molecule has 1 atom stereocenters. The molecule has 0 heterocycles. The van der Waals surface area contributed by atoms with E-state index in [-0.39, 0.29) is 5.54 Å². The number of hydrogen-bond acceptors (Lipinski definition) is 2. The van der Waals surface area contributed by atoms with Crippen molar-refractivity contribution in [3.63, 3.8) is 0 Å². The van der Waals surface area contributed by atoms with E-state index < -0.39 is 0 Å². The van der Waals surface area contributed by atoms with Gasteiger partial charge in [0, 0.05) is 18.6 Å². The minimum absolute atomic E-state index is 0.0910. The maximum Gasteiger partial charge on any atom is 0.0278 e. The van der Waals surface area contributed by atoms with Gasteiger partial charge in [-0.2, -0.15) is 0 Å². The quantitative estimate of drug-likeness (QED) is 0.595. The van der Waals surface area contributed by atoms with Crippen LogP contribution in [0, 0.1) is 0 Å². The fraction of sp³-hybridized carbons (Fsp3) is 0.800. The van der Waals surface area contributed by atoms with Crippen molar-refractivity contribution in [2.24, 2.45) is 5.73 Å². The van der Waals surface area contributed by atoms with Crippen LogP contribution >= 0.6 is 0 Å². The molecule has 0 saturated heterocycles. The molecule has 2 nitrogen and oxygen atoms in total. The average molecular weight is 170 g/mol. The van der Waals surface area contributed by atoms with Crippen molar-refractivity contribution < 1.29 is 0 Å². The Morgan fingerprint density at radius 2 is 2.17 bits per heavy atom. The molecule has 3 N–H and O–H groups in total. The highest BCUT2D eigenvalue weighted by molar-refractivity contribution is 4.95. The van der Waals surface area contributed by atoms with E-state index in [0.29, 0.717) is 6.54 Å². The van der Waals surface area contributed by atoms with Crippen molar-refractivity contribution in [2.45, 2.75) is 39.2 Å². The van der Waals surface area contributed by atoms with E-state index in [1.165, 1.54) is 0 Å². The highest BCUT2D eigenvalue weighted by Gasteiger charge is 2.19. The molecule has 0 aromatic carbocycles. The third-order valence-electron chi connectivity index (χ3n) is 2.07. The van der Waals surface area contributed by atoms with Gasteiger partial charge < -0.3 is 11.1 Å². The van der Waals surface area contributed by atoms with Crippen molar-refractivity contribution in [2.75, 3.05) is 13.1 Å². The summed E-state index contributed by atoms with van der Waals surface area (Å²) >= 11 is 0. The Bertz CT molecular complexity index is 143. The normalized spacial score (nSPS) is 15.7. The standard InChI is InChI=1S/C10H22N2/c1-5-6-10(4,8-11)12-7-9(2)3/h12H,2,5-8,11H2,1,3-4H3. The SMILES string of the molecule is C=C(C)CNC(C)(CN)CCC. The minimum atomic E-state index is 0.0910. The van der Waals surface area contributed by atoms with Gasteiger partial charge in [0.25, 0.3) is 0 Å². The number of rotatable bonds is 6. The maximum absolute atomic E-state index is 5.69. The molecule has 0 aliphatic rings. The van der Waals surface area contributed by atoms with Crippen molar-refractivity contribution >= 4 is 0 Å². The predicted octanol–water partition coefficient (Wildman–Crippen LogP) is 1.67. The molecule has 0 rings (SSSR count). The van der Waals surface area contributed by atoms with Crippen LogP contribution in [0.2, 0.25) is 0 Å². The Hall–Kier alpha value is -0.340. The van der Waals surface area contributed by atoms with Gasteiger partial charge in [-0.25, -0.2) is 0 Å². The largest absolute Gasteiger partial charge is 0.329 e. The van der Waals surface area contributed by atoms with Gasteiger partial charge >= 0.3 is 0 Å². The summed E-state index contributed by atoms with van der Waals surface area (Å²) in [5.74, 6) is 0. The first kappa shape index (κ1) is 11.7. The summed E-state index contributed by atoms with van der Waals surface area (Å²) in [5, 5.41) is 3.42. The van der Waals surface area contributed by atoms with E-state index in [2.05, 4.69) is 25.7 Å². The first-order chi connectivity index (χ1) is 5.54. The Balaban J connectivity index is 3.86. The summed E-state index contributed by atoms with van der Waals surface area (Å²) in [6, 6.07) is 0. The summed E-state index contributed by atoms with van der Waals surface area (Å²) in [5.41, 5.74) is 6.94. The van der Waals surface area contributed by atoms with Crippen LogP contribution in [-0.4, -0.2) is 18.6 Å². The molecule has 1 unspecified atom stereocenters. The topological polar surface area (TPSA) is 38.0 Å². The molecule has 0 saturated carbocycles. The van der Waals surface area contributed by atoms with Gasteiger partial charge in [0.15, 0.2) is 0 Å². The zero-order chi connectivity index (χ0) is 9.61. The second-order valence-corrected chi connectivity index (χ2v) is 3.83. The van der Waals surface area contributed by atoms with E-state index >= 15 is 0 Å². The lowest BCUT2D eigenvalue weighted by molar-refractivity contribution is 0.348. The van der Waals surface area contributed by atoms with Gasteiger partial charge in [-0.3, -0.25) is 0 Å². The Morgan fingerprint density at radius 3 is 2.50 bits per heavy atom. The second-order valence-electron chi connectivity index (χ2n) is 3.83. The van der Waals surface area contributed by atoms with Gasteiger partial charge in [0.05, 0.1) is 0 Å². The van der Waals surface area contributed by atoms with Gasteiger partial charge in [0.1, 0.15) is 0 Å². The minimum Gasteiger partial charge on any atom is -0.329 e. The summed E-state index contributed by atoms with van der Waals surface area (Å²) in [7, 11) is 0. The lowest BCUT2D eigenvalue weighted by atomic mass is 9.96.